The van der Waals surface area contributed by atoms with Crippen LogP contribution in [-0.2, 0) is 0 Å². The van der Waals surface area contributed by atoms with Crippen molar-refractivity contribution < 1.29 is 4.42 Å². The van der Waals surface area contributed by atoms with E-state index in [1.807, 2.05) is 12.1 Å². The molecule has 2 heterocycles. The van der Waals surface area contributed by atoms with Gasteiger partial charge < -0.3 is 9.73 Å². The lowest BCUT2D eigenvalue weighted by Gasteiger charge is -2.33. The van der Waals surface area contributed by atoms with Crippen LogP contribution in [0.5, 0.6) is 0 Å². The Morgan fingerprint density at radius 3 is 2.04 bits per heavy atom. The molecule has 232 valence electrons. The van der Waals surface area contributed by atoms with Crippen LogP contribution in [0, 0.1) is 0 Å². The van der Waals surface area contributed by atoms with Gasteiger partial charge in [-0.3, -0.25) is 5.32 Å². The third kappa shape index (κ3) is 4.78. The molecule has 0 radical (unpaired) electrons. The van der Waals surface area contributed by atoms with Crippen molar-refractivity contribution >= 4 is 60.0 Å². The molecule has 8 aromatic carbocycles. The van der Waals surface area contributed by atoms with Crippen LogP contribution < -0.4 is 10.6 Å². The van der Waals surface area contributed by atoms with E-state index in [1.165, 1.54) is 54.6 Å². The minimum absolute atomic E-state index is 0.00150. The molecule has 0 saturated carbocycles. The van der Waals surface area contributed by atoms with Crippen LogP contribution in [0.1, 0.15) is 28.9 Å². The first-order valence-corrected chi connectivity index (χ1v) is 16.9. The summed E-state index contributed by atoms with van der Waals surface area (Å²) in [5.41, 5.74) is 8.93. The summed E-state index contributed by atoms with van der Waals surface area (Å²) in [5, 5.41) is 17.6. The number of para-hydroxylation sites is 1. The molecule has 0 aliphatic carbocycles. The molecule has 0 spiro atoms. The van der Waals surface area contributed by atoms with Gasteiger partial charge in [0, 0.05) is 16.5 Å². The molecule has 0 saturated heterocycles. The Morgan fingerprint density at radius 2 is 1.16 bits per heavy atom. The fourth-order valence-corrected chi connectivity index (χ4v) is 7.64. The van der Waals surface area contributed by atoms with Gasteiger partial charge in [0.15, 0.2) is 0 Å². The standard InChI is InChI=1S/C46H32N2O/c1-2-9-31(10-3-1)46-47-42(28-43(48-46)35-22-24-45-41(27-35)39-13-6-7-16-44(39)49-45)30-19-17-29(18-20-30)36-14-8-15-37-38(36)23-21-34-25-32-11-4-5-12-33(32)26-40(34)37/h1-28,43,46-48H. The largest absolute Gasteiger partial charge is 0.456 e. The second-order valence-electron chi connectivity index (χ2n) is 13.0. The molecule has 1 aliphatic heterocycles. The Bertz CT molecular complexity index is 2720. The van der Waals surface area contributed by atoms with Gasteiger partial charge in [-0.2, -0.15) is 0 Å². The Labute approximate surface area is 284 Å². The van der Waals surface area contributed by atoms with Gasteiger partial charge in [-0.25, -0.2) is 0 Å². The molecule has 0 fully saturated rings. The molecular weight excluding hydrogens is 597 g/mol. The highest BCUT2D eigenvalue weighted by Gasteiger charge is 2.25. The molecular formula is C46H32N2O. The highest BCUT2D eigenvalue weighted by atomic mass is 16.3. The third-order valence-corrected chi connectivity index (χ3v) is 10.1. The maximum absolute atomic E-state index is 6.14. The molecule has 49 heavy (non-hydrogen) atoms. The van der Waals surface area contributed by atoms with E-state index in [9.17, 15) is 0 Å². The number of rotatable bonds is 4. The monoisotopic (exact) mass is 628 g/mol. The van der Waals surface area contributed by atoms with Gasteiger partial charge in [-0.1, -0.05) is 133 Å². The Hall–Kier alpha value is -6.16. The van der Waals surface area contributed by atoms with E-state index in [0.29, 0.717) is 0 Å². The van der Waals surface area contributed by atoms with Crippen LogP contribution in [0.4, 0.5) is 0 Å². The minimum Gasteiger partial charge on any atom is -0.456 e. The van der Waals surface area contributed by atoms with E-state index in [-0.39, 0.29) is 12.2 Å². The number of hydrogen-bond donors (Lipinski definition) is 2. The summed E-state index contributed by atoms with van der Waals surface area (Å²) in [6, 6.07) is 58.9. The number of benzene rings is 8. The van der Waals surface area contributed by atoms with Gasteiger partial charge in [0.1, 0.15) is 17.3 Å². The predicted octanol–water partition coefficient (Wildman–Crippen LogP) is 11.7. The molecule has 2 atom stereocenters. The zero-order valence-corrected chi connectivity index (χ0v) is 26.7. The van der Waals surface area contributed by atoms with Crippen LogP contribution in [-0.4, -0.2) is 0 Å². The molecule has 1 aromatic heterocycles. The molecule has 10 rings (SSSR count). The summed E-state index contributed by atoms with van der Waals surface area (Å²) < 4.78 is 6.14. The molecule has 9 aromatic rings. The van der Waals surface area contributed by atoms with Crippen molar-refractivity contribution in [2.75, 3.05) is 0 Å². The van der Waals surface area contributed by atoms with Crippen LogP contribution in [0.15, 0.2) is 174 Å². The van der Waals surface area contributed by atoms with E-state index >= 15 is 0 Å². The lowest BCUT2D eigenvalue weighted by Crippen LogP contribution is -2.39. The van der Waals surface area contributed by atoms with E-state index < -0.39 is 0 Å². The van der Waals surface area contributed by atoms with E-state index in [1.54, 1.807) is 0 Å². The number of hydrogen-bond acceptors (Lipinski definition) is 3. The molecule has 0 bridgehead atoms. The van der Waals surface area contributed by atoms with E-state index in [2.05, 4.69) is 168 Å². The number of furan rings is 1. The van der Waals surface area contributed by atoms with Gasteiger partial charge in [0.25, 0.3) is 0 Å². The summed E-state index contributed by atoms with van der Waals surface area (Å²) >= 11 is 0. The van der Waals surface area contributed by atoms with Gasteiger partial charge in [-0.05, 0) is 96.5 Å². The smallest absolute Gasteiger partial charge is 0.135 e. The summed E-state index contributed by atoms with van der Waals surface area (Å²) in [5.74, 6) is 0. The first kappa shape index (κ1) is 27.9. The van der Waals surface area contributed by atoms with Gasteiger partial charge in [-0.15, -0.1) is 0 Å². The van der Waals surface area contributed by atoms with E-state index in [4.69, 9.17) is 4.42 Å². The van der Waals surface area contributed by atoms with Gasteiger partial charge >= 0.3 is 0 Å². The van der Waals surface area contributed by atoms with Crippen molar-refractivity contribution in [3.05, 3.63) is 187 Å². The van der Waals surface area contributed by atoms with Crippen molar-refractivity contribution in [2.45, 2.75) is 12.2 Å². The third-order valence-electron chi connectivity index (χ3n) is 10.1. The van der Waals surface area contributed by atoms with Crippen LogP contribution >= 0.6 is 0 Å². The summed E-state index contributed by atoms with van der Waals surface area (Å²) in [4.78, 5) is 0. The van der Waals surface area contributed by atoms with Crippen molar-refractivity contribution in [3.63, 3.8) is 0 Å². The van der Waals surface area contributed by atoms with Crippen molar-refractivity contribution in [1.29, 1.82) is 0 Å². The van der Waals surface area contributed by atoms with Crippen LogP contribution in [0.25, 0.3) is 71.1 Å². The average molecular weight is 629 g/mol. The van der Waals surface area contributed by atoms with Crippen LogP contribution in [0.3, 0.4) is 0 Å². The summed E-state index contributed by atoms with van der Waals surface area (Å²) in [6.07, 6.45) is 2.26. The van der Waals surface area contributed by atoms with Crippen LogP contribution in [0.2, 0.25) is 0 Å². The Balaban J connectivity index is 1.04. The maximum atomic E-state index is 6.14. The normalized spacial score (nSPS) is 16.4. The lowest BCUT2D eigenvalue weighted by atomic mass is 9.92. The summed E-state index contributed by atoms with van der Waals surface area (Å²) in [7, 11) is 0. The zero-order valence-electron chi connectivity index (χ0n) is 26.7. The Morgan fingerprint density at radius 1 is 0.429 bits per heavy atom. The zero-order chi connectivity index (χ0) is 32.3. The second-order valence-corrected chi connectivity index (χ2v) is 13.0. The quantitative estimate of drug-likeness (QED) is 0.150. The van der Waals surface area contributed by atoms with Crippen molar-refractivity contribution in [2.24, 2.45) is 0 Å². The molecule has 0 amide bonds. The fourth-order valence-electron chi connectivity index (χ4n) is 7.64. The SMILES string of the molecule is C1=C(c2ccc(-c3cccc4c3ccc3cc5ccccc5cc34)cc2)NC(c2ccccc2)NC1c1ccc2oc3ccccc3c2c1. The lowest BCUT2D eigenvalue weighted by molar-refractivity contribution is 0.443. The summed E-state index contributed by atoms with van der Waals surface area (Å²) in [6.45, 7) is 0. The molecule has 1 aliphatic rings. The molecule has 2 unspecified atom stereocenters. The molecule has 2 N–H and O–H groups in total. The fraction of sp³-hybridized carbons (Fsp3) is 0.0435. The first-order valence-electron chi connectivity index (χ1n) is 16.9. The molecule has 3 heteroatoms. The van der Waals surface area contributed by atoms with Crippen molar-refractivity contribution in [1.82, 2.24) is 10.6 Å². The average Bonchev–Trinajstić information content (AvgIpc) is 3.55. The highest BCUT2D eigenvalue weighted by molar-refractivity contribution is 6.15. The van der Waals surface area contributed by atoms with Gasteiger partial charge in [0.2, 0.25) is 0 Å². The maximum Gasteiger partial charge on any atom is 0.135 e. The Kier molecular flexibility index (Phi) is 6.39. The van der Waals surface area contributed by atoms with Gasteiger partial charge in [0.05, 0.1) is 6.04 Å². The molecule has 3 nitrogen and oxygen atoms in total. The predicted molar refractivity (Wildman–Crippen MR) is 204 cm³/mol. The first-order chi connectivity index (χ1) is 24.2. The van der Waals surface area contributed by atoms with E-state index in [0.717, 1.165) is 33.2 Å². The second kappa shape index (κ2) is 11.2. The number of fused-ring (bicyclic) bond motifs is 7. The minimum atomic E-state index is -0.0508. The topological polar surface area (TPSA) is 37.2 Å². The number of nitrogens with one attached hydrogen (secondary N) is 2. The highest BCUT2D eigenvalue weighted by Crippen LogP contribution is 2.37. The van der Waals surface area contributed by atoms with Crippen molar-refractivity contribution in [3.8, 4) is 11.1 Å².